The largest absolute Gasteiger partial charge is 0.368 e. The second-order valence-electron chi connectivity index (χ2n) is 2.91. The second-order valence-corrected chi connectivity index (χ2v) is 3.71. The second kappa shape index (κ2) is 8.23. The van der Waals surface area contributed by atoms with Gasteiger partial charge in [-0.3, -0.25) is 0 Å². The van der Waals surface area contributed by atoms with E-state index in [1.165, 1.54) is 0 Å². The number of hydrogen-bond acceptors (Lipinski definition) is 1. The molecular formula is C9H18BrN3. The zero-order chi connectivity index (χ0) is 10.1. The van der Waals surface area contributed by atoms with Gasteiger partial charge >= 0.3 is 0 Å². The number of rotatable bonds is 5. The Labute approximate surface area is 88.7 Å². The molecule has 0 aromatic rings. The van der Waals surface area contributed by atoms with Crippen molar-refractivity contribution >= 4 is 28.1 Å². The van der Waals surface area contributed by atoms with Gasteiger partial charge in [-0.1, -0.05) is 29.3 Å². The fraction of sp³-hybridized carbons (Fsp3) is 0.778. The lowest BCUT2D eigenvalue weighted by molar-refractivity contribution is 0.653. The molecule has 0 aliphatic carbocycles. The lowest BCUT2D eigenvalue weighted by Gasteiger charge is -2.02. The molecule has 0 saturated heterocycles. The van der Waals surface area contributed by atoms with Gasteiger partial charge in [0.05, 0.1) is 6.04 Å². The van der Waals surface area contributed by atoms with Crippen LogP contribution in [0, 0.1) is 0 Å². The summed E-state index contributed by atoms with van der Waals surface area (Å²) in [6.07, 6.45) is 4.86. The lowest BCUT2D eigenvalue weighted by Crippen LogP contribution is -2.12. The summed E-state index contributed by atoms with van der Waals surface area (Å²) in [7, 11) is 0. The molecule has 0 heterocycles. The van der Waals surface area contributed by atoms with E-state index in [2.05, 4.69) is 39.8 Å². The van der Waals surface area contributed by atoms with Crippen LogP contribution in [0.3, 0.4) is 0 Å². The van der Waals surface area contributed by atoms with E-state index in [1.807, 2.05) is 0 Å². The quantitative estimate of drug-likeness (QED) is 0.453. The van der Waals surface area contributed by atoms with Crippen LogP contribution >= 0.6 is 15.9 Å². The monoisotopic (exact) mass is 247 g/mol. The SMILES string of the molecule is CCC[C@H](C)/N=C(N)\N=C\CCBr. The topological polar surface area (TPSA) is 50.7 Å². The molecule has 4 heteroatoms. The number of halogens is 1. The molecule has 3 nitrogen and oxygen atoms in total. The normalized spacial score (nSPS) is 15.2. The van der Waals surface area contributed by atoms with Crippen molar-refractivity contribution in [1.29, 1.82) is 0 Å². The van der Waals surface area contributed by atoms with Crippen molar-refractivity contribution in [2.45, 2.75) is 39.2 Å². The van der Waals surface area contributed by atoms with Crippen LogP contribution in [0.25, 0.3) is 0 Å². The number of nitrogens with two attached hydrogens (primary N) is 1. The van der Waals surface area contributed by atoms with Crippen LogP contribution in [-0.4, -0.2) is 23.5 Å². The minimum atomic E-state index is 0.283. The number of aliphatic imine (C=N–C) groups is 2. The Hall–Kier alpha value is -0.380. The van der Waals surface area contributed by atoms with Crippen molar-refractivity contribution in [1.82, 2.24) is 0 Å². The zero-order valence-electron chi connectivity index (χ0n) is 8.33. The van der Waals surface area contributed by atoms with Gasteiger partial charge in [-0.15, -0.1) is 0 Å². The van der Waals surface area contributed by atoms with Gasteiger partial charge in [-0.25, -0.2) is 9.98 Å². The summed E-state index contributed by atoms with van der Waals surface area (Å²) in [6.45, 7) is 4.19. The first-order chi connectivity index (χ1) is 6.20. The molecule has 0 aromatic heterocycles. The fourth-order valence-corrected chi connectivity index (χ4v) is 1.15. The van der Waals surface area contributed by atoms with Crippen LogP contribution in [0.15, 0.2) is 9.98 Å². The standard InChI is InChI=1S/C9H18BrN3/c1-3-5-8(2)13-9(11)12-7-4-6-10/h7-8H,3-6H2,1-2H3,(H2,11,13)/b12-7+/t8-/m0/s1. The minimum absolute atomic E-state index is 0.283. The van der Waals surface area contributed by atoms with Gasteiger partial charge in [0.25, 0.3) is 0 Å². The number of guanidine groups is 1. The zero-order valence-corrected chi connectivity index (χ0v) is 9.92. The number of alkyl halides is 1. The molecule has 0 rings (SSSR count). The molecule has 0 spiro atoms. The molecular weight excluding hydrogens is 230 g/mol. The van der Waals surface area contributed by atoms with Gasteiger partial charge in [0.2, 0.25) is 5.96 Å². The molecule has 0 bridgehead atoms. The smallest absolute Gasteiger partial charge is 0.215 e. The average Bonchev–Trinajstić information content (AvgIpc) is 2.05. The molecule has 0 fully saturated rings. The third-order valence-corrected chi connectivity index (χ3v) is 1.98. The Morgan fingerprint density at radius 1 is 1.62 bits per heavy atom. The van der Waals surface area contributed by atoms with Gasteiger partial charge in [-0.2, -0.15) is 0 Å². The molecule has 0 unspecified atom stereocenters. The van der Waals surface area contributed by atoms with E-state index >= 15 is 0 Å². The molecule has 0 amide bonds. The van der Waals surface area contributed by atoms with Crippen LogP contribution in [-0.2, 0) is 0 Å². The van der Waals surface area contributed by atoms with Crippen molar-refractivity contribution < 1.29 is 0 Å². The van der Waals surface area contributed by atoms with Crippen LogP contribution in [0.5, 0.6) is 0 Å². The molecule has 2 N–H and O–H groups in total. The maximum Gasteiger partial charge on any atom is 0.215 e. The highest BCUT2D eigenvalue weighted by Crippen LogP contribution is 1.99. The third kappa shape index (κ3) is 7.96. The van der Waals surface area contributed by atoms with Gasteiger partial charge in [0, 0.05) is 11.5 Å². The van der Waals surface area contributed by atoms with Crippen LogP contribution < -0.4 is 5.73 Å². The third-order valence-electron chi connectivity index (χ3n) is 1.52. The Kier molecular flexibility index (Phi) is 7.99. The van der Waals surface area contributed by atoms with Crippen molar-refractivity contribution in [2.75, 3.05) is 5.33 Å². The molecule has 1 atom stereocenters. The predicted octanol–water partition coefficient (Wildman–Crippen LogP) is 2.35. The van der Waals surface area contributed by atoms with Gasteiger partial charge < -0.3 is 5.73 Å². The Morgan fingerprint density at radius 2 is 2.31 bits per heavy atom. The average molecular weight is 248 g/mol. The van der Waals surface area contributed by atoms with E-state index in [-0.39, 0.29) is 6.04 Å². The van der Waals surface area contributed by atoms with Crippen molar-refractivity contribution in [2.24, 2.45) is 15.7 Å². The van der Waals surface area contributed by atoms with E-state index in [0.717, 1.165) is 24.6 Å². The predicted molar refractivity (Wildman–Crippen MR) is 62.9 cm³/mol. The molecule has 0 aromatic carbocycles. The van der Waals surface area contributed by atoms with Crippen molar-refractivity contribution in [3.63, 3.8) is 0 Å². The summed E-state index contributed by atoms with van der Waals surface area (Å²) >= 11 is 3.30. The van der Waals surface area contributed by atoms with Gasteiger partial charge in [-0.05, 0) is 19.8 Å². The first-order valence-corrected chi connectivity index (χ1v) is 5.74. The van der Waals surface area contributed by atoms with Crippen LogP contribution in [0.2, 0.25) is 0 Å². The summed E-state index contributed by atoms with van der Waals surface area (Å²) in [5.41, 5.74) is 5.58. The van der Waals surface area contributed by atoms with E-state index < -0.39 is 0 Å². The highest BCUT2D eigenvalue weighted by Gasteiger charge is 1.96. The molecule has 13 heavy (non-hydrogen) atoms. The number of hydrogen-bond donors (Lipinski definition) is 1. The summed E-state index contributed by atoms with van der Waals surface area (Å²) in [6, 6.07) is 0.283. The van der Waals surface area contributed by atoms with Crippen LogP contribution in [0.4, 0.5) is 0 Å². The number of nitrogens with zero attached hydrogens (tertiary/aromatic N) is 2. The van der Waals surface area contributed by atoms with E-state index in [1.54, 1.807) is 6.21 Å². The maximum atomic E-state index is 5.58. The minimum Gasteiger partial charge on any atom is -0.368 e. The summed E-state index contributed by atoms with van der Waals surface area (Å²) in [5, 5.41) is 0.911. The summed E-state index contributed by atoms with van der Waals surface area (Å²) in [4.78, 5) is 8.23. The summed E-state index contributed by atoms with van der Waals surface area (Å²) in [5.74, 6) is 0.391. The van der Waals surface area contributed by atoms with Crippen LogP contribution in [0.1, 0.15) is 33.1 Å². The Bertz CT molecular complexity index is 178. The first kappa shape index (κ1) is 12.6. The Morgan fingerprint density at radius 3 is 2.85 bits per heavy atom. The van der Waals surface area contributed by atoms with E-state index in [9.17, 15) is 0 Å². The van der Waals surface area contributed by atoms with Crippen molar-refractivity contribution in [3.05, 3.63) is 0 Å². The first-order valence-electron chi connectivity index (χ1n) is 4.62. The van der Waals surface area contributed by atoms with E-state index in [0.29, 0.717) is 5.96 Å². The fourth-order valence-electron chi connectivity index (χ4n) is 0.948. The van der Waals surface area contributed by atoms with E-state index in [4.69, 9.17) is 5.73 Å². The molecule has 0 radical (unpaired) electrons. The summed E-state index contributed by atoms with van der Waals surface area (Å²) < 4.78 is 0. The molecule has 0 aliphatic rings. The molecule has 0 aliphatic heterocycles. The maximum absolute atomic E-state index is 5.58. The Balaban J connectivity index is 3.85. The lowest BCUT2D eigenvalue weighted by atomic mass is 10.2. The highest BCUT2D eigenvalue weighted by molar-refractivity contribution is 9.09. The highest BCUT2D eigenvalue weighted by atomic mass is 79.9. The van der Waals surface area contributed by atoms with Crippen molar-refractivity contribution in [3.8, 4) is 0 Å². The molecule has 0 saturated carbocycles. The van der Waals surface area contributed by atoms with Gasteiger partial charge in [0.1, 0.15) is 0 Å². The van der Waals surface area contributed by atoms with Gasteiger partial charge in [0.15, 0.2) is 0 Å². The molecule has 76 valence electrons.